The van der Waals surface area contributed by atoms with Crippen LogP contribution in [0.1, 0.15) is 22.8 Å². The maximum atomic E-state index is 12.1. The number of anilines is 1. The standard InChI is InChI=1S/C20H21N3O4S/c1-15(24)22-18-10-6-16(7-11-18)5-4-14-21-20(25)17-8-12-19(13-9-17)28(26,27)23(2)3/h6-13H,14H2,1-3H3,(H,21,25)(H,22,24). The van der Waals surface area contributed by atoms with Gasteiger partial charge in [0.1, 0.15) is 0 Å². The first-order valence-corrected chi connectivity index (χ1v) is 9.81. The fourth-order valence-electron chi connectivity index (χ4n) is 2.20. The molecule has 0 saturated heterocycles. The Labute approximate surface area is 164 Å². The van der Waals surface area contributed by atoms with E-state index in [-0.39, 0.29) is 23.3 Å². The van der Waals surface area contributed by atoms with Crippen LogP contribution >= 0.6 is 0 Å². The zero-order valence-corrected chi connectivity index (χ0v) is 16.6. The lowest BCUT2D eigenvalue weighted by Crippen LogP contribution is -2.24. The SMILES string of the molecule is CC(=O)Nc1ccc(C#CCNC(=O)c2ccc(S(=O)(=O)N(C)C)cc2)cc1. The molecule has 2 amide bonds. The summed E-state index contributed by atoms with van der Waals surface area (Å²) in [5.41, 5.74) is 1.78. The highest BCUT2D eigenvalue weighted by Gasteiger charge is 2.17. The monoisotopic (exact) mass is 399 g/mol. The molecule has 28 heavy (non-hydrogen) atoms. The molecule has 7 nitrogen and oxygen atoms in total. The van der Waals surface area contributed by atoms with E-state index in [1.54, 1.807) is 24.3 Å². The van der Waals surface area contributed by atoms with Gasteiger partial charge >= 0.3 is 0 Å². The molecule has 2 N–H and O–H groups in total. The van der Waals surface area contributed by atoms with Gasteiger partial charge in [-0.2, -0.15) is 0 Å². The molecular weight excluding hydrogens is 378 g/mol. The van der Waals surface area contributed by atoms with Crippen molar-refractivity contribution < 1.29 is 18.0 Å². The third-order valence-corrected chi connectivity index (χ3v) is 5.50. The Morgan fingerprint density at radius 2 is 1.61 bits per heavy atom. The Morgan fingerprint density at radius 1 is 1.00 bits per heavy atom. The molecule has 0 aliphatic rings. The molecule has 0 bridgehead atoms. The van der Waals surface area contributed by atoms with Gasteiger partial charge in [0.05, 0.1) is 11.4 Å². The van der Waals surface area contributed by atoms with Crippen molar-refractivity contribution in [3.63, 3.8) is 0 Å². The first-order chi connectivity index (χ1) is 13.2. The summed E-state index contributed by atoms with van der Waals surface area (Å²) < 4.78 is 25.1. The number of carbonyl (C=O) groups is 2. The number of nitrogens with one attached hydrogen (secondary N) is 2. The van der Waals surface area contributed by atoms with E-state index in [0.717, 1.165) is 9.87 Å². The van der Waals surface area contributed by atoms with E-state index in [0.29, 0.717) is 11.3 Å². The van der Waals surface area contributed by atoms with Gasteiger partial charge in [0.15, 0.2) is 0 Å². The van der Waals surface area contributed by atoms with Crippen LogP contribution in [0.3, 0.4) is 0 Å². The highest BCUT2D eigenvalue weighted by Crippen LogP contribution is 2.14. The van der Waals surface area contributed by atoms with Crippen molar-refractivity contribution in [3.8, 4) is 11.8 Å². The molecule has 0 aliphatic carbocycles. The van der Waals surface area contributed by atoms with Gasteiger partial charge < -0.3 is 10.6 Å². The summed E-state index contributed by atoms with van der Waals surface area (Å²) in [4.78, 5) is 23.2. The van der Waals surface area contributed by atoms with Crippen molar-refractivity contribution in [2.45, 2.75) is 11.8 Å². The average molecular weight is 399 g/mol. The van der Waals surface area contributed by atoms with Gasteiger partial charge in [-0.1, -0.05) is 11.8 Å². The normalized spacial score (nSPS) is 10.7. The van der Waals surface area contributed by atoms with Crippen LogP contribution in [0.25, 0.3) is 0 Å². The summed E-state index contributed by atoms with van der Waals surface area (Å²) in [5, 5.41) is 5.33. The Hall–Kier alpha value is -3.15. The number of rotatable bonds is 5. The predicted octanol–water partition coefficient (Wildman–Crippen LogP) is 1.68. The van der Waals surface area contributed by atoms with E-state index in [1.807, 2.05) is 0 Å². The Bertz CT molecular complexity index is 1020. The Kier molecular flexibility index (Phi) is 6.93. The predicted molar refractivity (Wildman–Crippen MR) is 107 cm³/mol. The summed E-state index contributed by atoms with van der Waals surface area (Å²) in [6.45, 7) is 1.58. The second-order valence-corrected chi connectivity index (χ2v) is 8.21. The fourth-order valence-corrected chi connectivity index (χ4v) is 3.10. The van der Waals surface area contributed by atoms with E-state index in [1.165, 1.54) is 45.3 Å². The van der Waals surface area contributed by atoms with E-state index in [4.69, 9.17) is 0 Å². The van der Waals surface area contributed by atoms with Crippen LogP contribution in [0.15, 0.2) is 53.4 Å². The zero-order chi connectivity index (χ0) is 20.7. The van der Waals surface area contributed by atoms with Gasteiger partial charge in [0.2, 0.25) is 15.9 Å². The molecule has 0 fully saturated rings. The highest BCUT2D eigenvalue weighted by molar-refractivity contribution is 7.89. The van der Waals surface area contributed by atoms with Gasteiger partial charge in [-0.3, -0.25) is 9.59 Å². The second-order valence-electron chi connectivity index (χ2n) is 6.05. The number of carbonyl (C=O) groups excluding carboxylic acids is 2. The molecule has 0 saturated carbocycles. The summed E-state index contributed by atoms with van der Waals surface area (Å²) in [5.74, 6) is 5.26. The first kappa shape index (κ1) is 21.2. The number of hydrogen-bond donors (Lipinski definition) is 2. The summed E-state index contributed by atoms with van der Waals surface area (Å²) in [7, 11) is -0.632. The van der Waals surface area contributed by atoms with Gasteiger partial charge in [-0.05, 0) is 48.5 Å². The summed E-state index contributed by atoms with van der Waals surface area (Å²) in [6.07, 6.45) is 0. The van der Waals surface area contributed by atoms with E-state index < -0.39 is 10.0 Å². The molecule has 146 valence electrons. The summed E-state index contributed by atoms with van der Waals surface area (Å²) in [6, 6.07) is 12.7. The van der Waals surface area contributed by atoms with Gasteiger partial charge in [-0.25, -0.2) is 12.7 Å². The van der Waals surface area contributed by atoms with Gasteiger partial charge in [0.25, 0.3) is 5.91 Å². The molecule has 2 rings (SSSR count). The lowest BCUT2D eigenvalue weighted by atomic mass is 10.2. The van der Waals surface area contributed by atoms with Gasteiger partial charge in [0, 0.05) is 37.8 Å². The summed E-state index contributed by atoms with van der Waals surface area (Å²) >= 11 is 0. The average Bonchev–Trinajstić information content (AvgIpc) is 2.66. The molecular formula is C20H21N3O4S. The molecule has 2 aromatic carbocycles. The van der Waals surface area contributed by atoms with E-state index in [2.05, 4.69) is 22.5 Å². The molecule has 2 aromatic rings. The maximum Gasteiger partial charge on any atom is 0.252 e. The van der Waals surface area contributed by atoms with Crippen LogP contribution in [0.5, 0.6) is 0 Å². The molecule has 8 heteroatoms. The van der Waals surface area contributed by atoms with Crippen LogP contribution in [-0.4, -0.2) is 45.2 Å². The quantitative estimate of drug-likeness (QED) is 0.748. The van der Waals surface area contributed by atoms with Crippen molar-refractivity contribution in [2.75, 3.05) is 26.0 Å². The number of sulfonamides is 1. The van der Waals surface area contributed by atoms with Crippen LogP contribution in [-0.2, 0) is 14.8 Å². The number of amides is 2. The molecule has 0 unspecified atom stereocenters. The second kappa shape index (κ2) is 9.17. The van der Waals surface area contributed by atoms with Crippen molar-refractivity contribution >= 4 is 27.5 Å². The van der Waals surface area contributed by atoms with Crippen LogP contribution in [0.4, 0.5) is 5.69 Å². The molecule has 0 atom stereocenters. The minimum Gasteiger partial charge on any atom is -0.341 e. The van der Waals surface area contributed by atoms with Crippen molar-refractivity contribution in [3.05, 3.63) is 59.7 Å². The number of nitrogens with zero attached hydrogens (tertiary/aromatic N) is 1. The van der Waals surface area contributed by atoms with Crippen LogP contribution in [0, 0.1) is 11.8 Å². The molecule has 0 heterocycles. The minimum absolute atomic E-state index is 0.122. The smallest absolute Gasteiger partial charge is 0.252 e. The Balaban J connectivity index is 1.93. The lowest BCUT2D eigenvalue weighted by molar-refractivity contribution is -0.114. The highest BCUT2D eigenvalue weighted by atomic mass is 32.2. The molecule has 0 spiro atoms. The topological polar surface area (TPSA) is 95.6 Å². The molecule has 0 aliphatic heterocycles. The minimum atomic E-state index is -3.52. The fraction of sp³-hybridized carbons (Fsp3) is 0.200. The first-order valence-electron chi connectivity index (χ1n) is 8.37. The molecule has 0 radical (unpaired) electrons. The van der Waals surface area contributed by atoms with Crippen molar-refractivity contribution in [1.29, 1.82) is 0 Å². The number of benzene rings is 2. The van der Waals surface area contributed by atoms with Crippen molar-refractivity contribution in [1.82, 2.24) is 9.62 Å². The number of hydrogen-bond acceptors (Lipinski definition) is 4. The van der Waals surface area contributed by atoms with Crippen LogP contribution < -0.4 is 10.6 Å². The largest absolute Gasteiger partial charge is 0.341 e. The third-order valence-electron chi connectivity index (χ3n) is 3.67. The zero-order valence-electron chi connectivity index (χ0n) is 15.8. The van der Waals surface area contributed by atoms with E-state index in [9.17, 15) is 18.0 Å². The maximum absolute atomic E-state index is 12.1. The molecule has 0 aromatic heterocycles. The van der Waals surface area contributed by atoms with Crippen LogP contribution in [0.2, 0.25) is 0 Å². The van der Waals surface area contributed by atoms with Crippen molar-refractivity contribution in [2.24, 2.45) is 0 Å². The van der Waals surface area contributed by atoms with E-state index >= 15 is 0 Å². The third kappa shape index (κ3) is 5.67. The van der Waals surface area contributed by atoms with Gasteiger partial charge in [-0.15, -0.1) is 0 Å². The lowest BCUT2D eigenvalue weighted by Gasteiger charge is -2.11. The Morgan fingerprint density at radius 3 is 2.14 bits per heavy atom.